The van der Waals surface area contributed by atoms with Crippen LogP contribution in [0, 0.1) is 0 Å². The molecule has 1 aliphatic carbocycles. The number of benzene rings is 1. The van der Waals surface area contributed by atoms with Gasteiger partial charge in [-0.15, -0.1) is 0 Å². The van der Waals surface area contributed by atoms with E-state index in [4.69, 9.17) is 0 Å². The number of fused-ring (bicyclic) bond motifs is 1. The Morgan fingerprint density at radius 1 is 1.12 bits per heavy atom. The van der Waals surface area contributed by atoms with Crippen molar-refractivity contribution in [3.63, 3.8) is 0 Å². The van der Waals surface area contributed by atoms with Crippen molar-refractivity contribution in [2.75, 3.05) is 12.4 Å². The smallest absolute Gasteiger partial charge is 0.276 e. The summed E-state index contributed by atoms with van der Waals surface area (Å²) in [4.78, 5) is 40.6. The van der Waals surface area contributed by atoms with Crippen LogP contribution in [0.4, 0.5) is 5.69 Å². The van der Waals surface area contributed by atoms with Crippen LogP contribution < -0.4 is 10.6 Å². The van der Waals surface area contributed by atoms with Crippen molar-refractivity contribution in [3.8, 4) is 0 Å². The van der Waals surface area contributed by atoms with Crippen LogP contribution in [0.3, 0.4) is 0 Å². The molecular weight excluding hydrogens is 418 g/mol. The van der Waals surface area contributed by atoms with Gasteiger partial charge in [0.25, 0.3) is 11.8 Å². The molecule has 1 aromatic carbocycles. The largest absolute Gasteiger partial charge is 0.351 e. The Morgan fingerprint density at radius 2 is 1.79 bits per heavy atom. The molecule has 1 aromatic heterocycles. The topological polar surface area (TPSA) is 96.3 Å². The Morgan fingerprint density at radius 3 is 2.42 bits per heavy atom. The summed E-state index contributed by atoms with van der Waals surface area (Å²) in [6.07, 6.45) is 7.48. The summed E-state index contributed by atoms with van der Waals surface area (Å²) in [5, 5.41) is 10.4. The predicted octanol–water partition coefficient (Wildman–Crippen LogP) is 3.38. The number of nitrogens with zero attached hydrogens (tertiary/aromatic N) is 3. The van der Waals surface area contributed by atoms with E-state index in [9.17, 15) is 14.4 Å². The SMILES string of the molecule is CCc1ccc(NC(=O)c2cc3n(n2)C[C@](C)(C(=O)NC2CCCCCC2)N(C)C3=O)cc1. The lowest BCUT2D eigenvalue weighted by Gasteiger charge is -2.41. The van der Waals surface area contributed by atoms with Crippen molar-refractivity contribution in [1.82, 2.24) is 20.0 Å². The molecule has 0 saturated heterocycles. The van der Waals surface area contributed by atoms with Gasteiger partial charge in [0, 0.05) is 24.8 Å². The molecule has 2 heterocycles. The second-order valence-corrected chi connectivity index (χ2v) is 9.38. The predicted molar refractivity (Wildman–Crippen MR) is 126 cm³/mol. The molecule has 1 aliphatic heterocycles. The van der Waals surface area contributed by atoms with Crippen molar-refractivity contribution < 1.29 is 14.4 Å². The van der Waals surface area contributed by atoms with E-state index >= 15 is 0 Å². The second-order valence-electron chi connectivity index (χ2n) is 9.38. The molecule has 2 aliphatic rings. The fourth-order valence-corrected chi connectivity index (χ4v) is 4.62. The zero-order chi connectivity index (χ0) is 23.6. The highest BCUT2D eigenvalue weighted by atomic mass is 16.2. The van der Waals surface area contributed by atoms with Crippen LogP contribution >= 0.6 is 0 Å². The van der Waals surface area contributed by atoms with Gasteiger partial charge in [-0.3, -0.25) is 19.1 Å². The highest BCUT2D eigenvalue weighted by Gasteiger charge is 2.46. The second kappa shape index (κ2) is 9.37. The van der Waals surface area contributed by atoms with Crippen LogP contribution in [0.15, 0.2) is 30.3 Å². The molecule has 0 unspecified atom stereocenters. The summed E-state index contributed by atoms with van der Waals surface area (Å²) < 4.78 is 1.49. The van der Waals surface area contributed by atoms with Gasteiger partial charge in [0.05, 0.1) is 6.54 Å². The Kier molecular flexibility index (Phi) is 6.54. The molecule has 2 aromatic rings. The maximum atomic E-state index is 13.3. The highest BCUT2D eigenvalue weighted by molar-refractivity contribution is 6.05. The summed E-state index contributed by atoms with van der Waals surface area (Å²) in [5.74, 6) is -0.881. The number of carbonyl (C=O) groups is 3. The van der Waals surface area contributed by atoms with Crippen LogP contribution in [0.2, 0.25) is 0 Å². The molecule has 1 saturated carbocycles. The number of anilines is 1. The third kappa shape index (κ3) is 4.65. The Hall–Kier alpha value is -3.16. The summed E-state index contributed by atoms with van der Waals surface area (Å²) in [5.41, 5.74) is 1.23. The maximum absolute atomic E-state index is 13.3. The van der Waals surface area contributed by atoms with Crippen LogP contribution in [-0.2, 0) is 17.8 Å². The average Bonchev–Trinajstić information content (AvgIpc) is 3.06. The first-order valence-corrected chi connectivity index (χ1v) is 11.9. The number of likely N-dealkylation sites (N-methyl/N-ethyl adjacent to an activating group) is 1. The van der Waals surface area contributed by atoms with Crippen molar-refractivity contribution in [3.05, 3.63) is 47.3 Å². The first-order chi connectivity index (χ1) is 15.8. The minimum Gasteiger partial charge on any atom is -0.351 e. The number of rotatable bonds is 5. The summed E-state index contributed by atoms with van der Waals surface area (Å²) in [7, 11) is 1.64. The first-order valence-electron chi connectivity index (χ1n) is 11.9. The van der Waals surface area contributed by atoms with E-state index in [1.165, 1.54) is 34.1 Å². The lowest BCUT2D eigenvalue weighted by Crippen LogP contribution is -2.63. The maximum Gasteiger partial charge on any atom is 0.276 e. The first kappa shape index (κ1) is 23.0. The van der Waals surface area contributed by atoms with Crippen molar-refractivity contribution in [1.29, 1.82) is 0 Å². The molecular formula is C25H33N5O3. The quantitative estimate of drug-likeness (QED) is 0.681. The molecule has 0 spiro atoms. The van der Waals surface area contributed by atoms with E-state index in [0.29, 0.717) is 11.4 Å². The van der Waals surface area contributed by atoms with Gasteiger partial charge in [-0.2, -0.15) is 5.10 Å². The van der Waals surface area contributed by atoms with Crippen LogP contribution in [0.1, 0.15) is 78.9 Å². The number of aromatic nitrogens is 2. The Balaban J connectivity index is 1.50. The molecule has 1 fully saturated rings. The molecule has 176 valence electrons. The number of aryl methyl sites for hydroxylation is 1. The van der Waals surface area contributed by atoms with Gasteiger partial charge in [-0.05, 0) is 43.9 Å². The summed E-state index contributed by atoms with van der Waals surface area (Å²) >= 11 is 0. The third-order valence-electron chi connectivity index (χ3n) is 7.03. The number of carbonyl (C=O) groups excluding carboxylic acids is 3. The van der Waals surface area contributed by atoms with E-state index in [0.717, 1.165) is 32.1 Å². The Labute approximate surface area is 194 Å². The van der Waals surface area contributed by atoms with E-state index in [2.05, 4.69) is 22.7 Å². The summed E-state index contributed by atoms with van der Waals surface area (Å²) in [6, 6.07) is 9.26. The minimum atomic E-state index is -1.08. The van der Waals surface area contributed by atoms with Crippen LogP contribution in [0.25, 0.3) is 0 Å². The van der Waals surface area contributed by atoms with Gasteiger partial charge in [-0.25, -0.2) is 0 Å². The van der Waals surface area contributed by atoms with Crippen LogP contribution in [-0.4, -0.2) is 51.0 Å². The van der Waals surface area contributed by atoms with Gasteiger partial charge >= 0.3 is 0 Å². The number of nitrogens with one attached hydrogen (secondary N) is 2. The zero-order valence-electron chi connectivity index (χ0n) is 19.7. The molecule has 4 rings (SSSR count). The van der Waals surface area contributed by atoms with Gasteiger partial charge in [0.15, 0.2) is 5.69 Å². The highest BCUT2D eigenvalue weighted by Crippen LogP contribution is 2.27. The average molecular weight is 452 g/mol. The van der Waals surface area contributed by atoms with Gasteiger partial charge in [0.2, 0.25) is 5.91 Å². The number of hydrogen-bond donors (Lipinski definition) is 2. The molecule has 8 nitrogen and oxygen atoms in total. The lowest BCUT2D eigenvalue weighted by molar-refractivity contribution is -0.133. The third-order valence-corrected chi connectivity index (χ3v) is 7.03. The standard InChI is InChI=1S/C25H33N5O3/c1-4-17-11-13-19(14-12-17)26-22(31)20-15-21-23(32)29(3)25(2,16-30(21)28-20)24(33)27-18-9-7-5-6-8-10-18/h11-15,18H,4-10,16H2,1-3H3,(H,26,31)(H,27,33)/t25-/m1/s1. The zero-order valence-corrected chi connectivity index (χ0v) is 19.7. The lowest BCUT2D eigenvalue weighted by atomic mass is 9.95. The van der Waals surface area contributed by atoms with Crippen molar-refractivity contribution in [2.24, 2.45) is 0 Å². The number of amides is 3. The Bertz CT molecular complexity index is 1040. The molecule has 8 heteroatoms. The monoisotopic (exact) mass is 451 g/mol. The van der Waals surface area contributed by atoms with E-state index < -0.39 is 5.54 Å². The molecule has 33 heavy (non-hydrogen) atoms. The van der Waals surface area contributed by atoms with E-state index in [1.54, 1.807) is 14.0 Å². The van der Waals surface area contributed by atoms with Gasteiger partial charge in [-0.1, -0.05) is 44.7 Å². The van der Waals surface area contributed by atoms with E-state index in [1.807, 2.05) is 24.3 Å². The molecule has 3 amide bonds. The normalized spacial score (nSPS) is 21.3. The van der Waals surface area contributed by atoms with E-state index in [-0.39, 0.29) is 36.0 Å². The van der Waals surface area contributed by atoms with Crippen molar-refractivity contribution in [2.45, 2.75) is 76.9 Å². The minimum absolute atomic E-state index is 0.139. The molecule has 0 bridgehead atoms. The van der Waals surface area contributed by atoms with Gasteiger partial charge in [0.1, 0.15) is 11.2 Å². The van der Waals surface area contributed by atoms with Crippen molar-refractivity contribution >= 4 is 23.4 Å². The number of hydrogen-bond acceptors (Lipinski definition) is 4. The fraction of sp³-hybridized carbons (Fsp3) is 0.520. The molecule has 2 N–H and O–H groups in total. The molecule has 0 radical (unpaired) electrons. The summed E-state index contributed by atoms with van der Waals surface area (Å²) in [6.45, 7) is 4.03. The molecule has 1 atom stereocenters. The van der Waals surface area contributed by atoms with Gasteiger partial charge < -0.3 is 15.5 Å². The van der Waals surface area contributed by atoms with Crippen LogP contribution in [0.5, 0.6) is 0 Å². The fourth-order valence-electron chi connectivity index (χ4n) is 4.62.